The predicted octanol–water partition coefficient (Wildman–Crippen LogP) is 1.47. The van der Waals surface area contributed by atoms with Crippen molar-refractivity contribution < 1.29 is 4.84 Å². The molecule has 2 unspecified atom stereocenters. The Kier molecular flexibility index (Phi) is 1.29. The molecule has 2 heterocycles. The highest BCUT2D eigenvalue weighted by Gasteiger charge is 2.39. The molecule has 2 saturated heterocycles. The van der Waals surface area contributed by atoms with Crippen LogP contribution < -0.4 is 5.48 Å². The highest BCUT2D eigenvalue weighted by atomic mass is 16.7. The van der Waals surface area contributed by atoms with E-state index >= 15 is 0 Å². The van der Waals surface area contributed by atoms with Gasteiger partial charge >= 0.3 is 0 Å². The highest BCUT2D eigenvalue weighted by molar-refractivity contribution is 4.91. The molecule has 11 heavy (non-hydrogen) atoms. The van der Waals surface area contributed by atoms with Crippen LogP contribution in [0.25, 0.3) is 0 Å². The van der Waals surface area contributed by atoms with Gasteiger partial charge in [0.1, 0.15) is 0 Å². The molecule has 2 saturated carbocycles. The van der Waals surface area contributed by atoms with Crippen LogP contribution in [0.2, 0.25) is 0 Å². The number of hydrogen-bond donors (Lipinski definition) is 1. The van der Waals surface area contributed by atoms with Gasteiger partial charge in [0.25, 0.3) is 0 Å². The summed E-state index contributed by atoms with van der Waals surface area (Å²) in [6, 6.07) is 0.686. The first kappa shape index (κ1) is 6.44. The average Bonchev–Trinajstić information content (AvgIpc) is 2.18. The monoisotopic (exact) mass is 153 g/mol. The number of fused-ring (bicyclic) bond motifs is 1. The summed E-state index contributed by atoms with van der Waals surface area (Å²) in [5.41, 5.74) is 3.20. The largest absolute Gasteiger partial charge is 0.298 e. The summed E-state index contributed by atoms with van der Waals surface area (Å²) in [5.74, 6) is 1.96. The van der Waals surface area contributed by atoms with Gasteiger partial charge in [-0.2, -0.15) is 5.48 Å². The van der Waals surface area contributed by atoms with E-state index < -0.39 is 0 Å². The van der Waals surface area contributed by atoms with Crippen molar-refractivity contribution >= 4 is 0 Å². The smallest absolute Gasteiger partial charge is 0.0795 e. The van der Waals surface area contributed by atoms with E-state index in [0.29, 0.717) is 12.1 Å². The third-order valence-electron chi connectivity index (χ3n) is 3.50. The number of hydrogen-bond acceptors (Lipinski definition) is 2. The summed E-state index contributed by atoms with van der Waals surface area (Å²) in [4.78, 5) is 5.58. The van der Waals surface area contributed by atoms with E-state index in [9.17, 15) is 0 Å². The molecule has 4 aliphatic rings. The van der Waals surface area contributed by atoms with Crippen molar-refractivity contribution in [3.05, 3.63) is 0 Å². The number of rotatable bonds is 0. The molecule has 2 heteroatoms. The maximum Gasteiger partial charge on any atom is 0.0795 e. The molecule has 0 amide bonds. The summed E-state index contributed by atoms with van der Waals surface area (Å²) in [6.07, 6.45) is 7.41. The van der Waals surface area contributed by atoms with Crippen molar-refractivity contribution in [3.8, 4) is 0 Å². The van der Waals surface area contributed by atoms with Crippen molar-refractivity contribution in [2.24, 2.45) is 11.8 Å². The fourth-order valence-electron chi connectivity index (χ4n) is 3.17. The van der Waals surface area contributed by atoms with E-state index in [0.717, 1.165) is 11.8 Å². The van der Waals surface area contributed by atoms with E-state index in [2.05, 4.69) is 5.48 Å². The van der Waals surface area contributed by atoms with Gasteiger partial charge in [-0.1, -0.05) is 0 Å². The van der Waals surface area contributed by atoms with Crippen LogP contribution in [0, 0.1) is 11.8 Å². The van der Waals surface area contributed by atoms with Gasteiger partial charge in [0.15, 0.2) is 0 Å². The lowest BCUT2D eigenvalue weighted by Crippen LogP contribution is -2.33. The summed E-state index contributed by atoms with van der Waals surface area (Å²) >= 11 is 0. The summed E-state index contributed by atoms with van der Waals surface area (Å²) in [6.45, 7) is 0. The van der Waals surface area contributed by atoms with E-state index in [4.69, 9.17) is 4.84 Å². The standard InChI is InChI=1S/C9H15NO/c1-6-2-8-3-7(1)5-9(4-6)11-10-8/h6-10H,1-5H2. The Morgan fingerprint density at radius 1 is 0.909 bits per heavy atom. The van der Waals surface area contributed by atoms with Gasteiger partial charge in [0.2, 0.25) is 0 Å². The molecule has 0 spiro atoms. The fourth-order valence-corrected chi connectivity index (χ4v) is 3.17. The van der Waals surface area contributed by atoms with Crippen LogP contribution in [-0.4, -0.2) is 12.1 Å². The molecule has 2 aliphatic carbocycles. The fraction of sp³-hybridized carbons (Fsp3) is 1.00. The van der Waals surface area contributed by atoms with Crippen LogP contribution in [0.1, 0.15) is 32.1 Å². The second kappa shape index (κ2) is 2.20. The van der Waals surface area contributed by atoms with Crippen molar-refractivity contribution in [3.63, 3.8) is 0 Å². The second-order valence-corrected chi connectivity index (χ2v) is 4.47. The molecule has 2 atom stereocenters. The number of nitrogens with one attached hydrogen (secondary N) is 1. The molecule has 0 aromatic rings. The molecule has 62 valence electrons. The summed E-state index contributed by atoms with van der Waals surface area (Å²) < 4.78 is 0. The molecule has 1 N–H and O–H groups in total. The zero-order valence-electron chi connectivity index (χ0n) is 6.75. The van der Waals surface area contributed by atoms with E-state index in [1.807, 2.05) is 0 Å². The minimum absolute atomic E-state index is 0.547. The van der Waals surface area contributed by atoms with Crippen molar-refractivity contribution in [1.29, 1.82) is 0 Å². The topological polar surface area (TPSA) is 21.3 Å². The van der Waals surface area contributed by atoms with E-state index in [1.54, 1.807) is 0 Å². The first-order valence-electron chi connectivity index (χ1n) is 4.81. The van der Waals surface area contributed by atoms with Crippen molar-refractivity contribution in [2.45, 2.75) is 44.2 Å². The Morgan fingerprint density at radius 2 is 1.64 bits per heavy atom. The normalized spacial score (nSPS) is 54.5. The van der Waals surface area contributed by atoms with Gasteiger partial charge in [0.05, 0.1) is 6.10 Å². The minimum atomic E-state index is 0.547. The third-order valence-corrected chi connectivity index (χ3v) is 3.50. The Bertz CT molecular complexity index is 137. The molecule has 0 radical (unpaired) electrons. The van der Waals surface area contributed by atoms with Crippen LogP contribution in [-0.2, 0) is 4.84 Å². The molecular weight excluding hydrogens is 138 g/mol. The van der Waals surface area contributed by atoms with Gasteiger partial charge in [-0.15, -0.1) is 0 Å². The molecule has 4 rings (SSSR count). The molecule has 2 aliphatic heterocycles. The maximum absolute atomic E-state index is 5.58. The van der Waals surface area contributed by atoms with Crippen LogP contribution in [0.3, 0.4) is 0 Å². The molecule has 4 fully saturated rings. The van der Waals surface area contributed by atoms with Crippen LogP contribution in [0.5, 0.6) is 0 Å². The van der Waals surface area contributed by atoms with Gasteiger partial charge in [0, 0.05) is 6.04 Å². The van der Waals surface area contributed by atoms with Crippen LogP contribution in [0.15, 0.2) is 0 Å². The predicted molar refractivity (Wildman–Crippen MR) is 41.9 cm³/mol. The molecule has 4 bridgehead atoms. The lowest BCUT2D eigenvalue weighted by Gasteiger charge is -2.36. The third kappa shape index (κ3) is 1.00. The van der Waals surface area contributed by atoms with Crippen LogP contribution >= 0.6 is 0 Å². The second-order valence-electron chi connectivity index (χ2n) is 4.47. The van der Waals surface area contributed by atoms with E-state index in [1.165, 1.54) is 32.1 Å². The Balaban J connectivity index is 1.90. The Labute approximate surface area is 67.3 Å². The first-order chi connectivity index (χ1) is 5.40. The molecule has 0 aromatic heterocycles. The van der Waals surface area contributed by atoms with Gasteiger partial charge < -0.3 is 0 Å². The maximum atomic E-state index is 5.58. The SMILES string of the molecule is C1C2CC3CC1CC(C2)ON3. The highest BCUT2D eigenvalue weighted by Crippen LogP contribution is 2.42. The summed E-state index contributed by atoms with van der Waals surface area (Å²) in [7, 11) is 0. The molecule has 0 aromatic carbocycles. The minimum Gasteiger partial charge on any atom is -0.298 e. The average molecular weight is 153 g/mol. The Hall–Kier alpha value is -0.0800. The van der Waals surface area contributed by atoms with Gasteiger partial charge in [-0.25, -0.2) is 0 Å². The van der Waals surface area contributed by atoms with Crippen molar-refractivity contribution in [1.82, 2.24) is 5.48 Å². The van der Waals surface area contributed by atoms with Gasteiger partial charge in [-0.05, 0) is 43.9 Å². The van der Waals surface area contributed by atoms with Crippen LogP contribution in [0.4, 0.5) is 0 Å². The quantitative estimate of drug-likeness (QED) is 0.569. The Morgan fingerprint density at radius 3 is 2.36 bits per heavy atom. The molecular formula is C9H15NO. The zero-order chi connectivity index (χ0) is 7.26. The number of hydroxylamine groups is 1. The first-order valence-corrected chi connectivity index (χ1v) is 4.81. The zero-order valence-corrected chi connectivity index (χ0v) is 6.75. The lowest BCUT2D eigenvalue weighted by atomic mass is 9.70. The summed E-state index contributed by atoms with van der Waals surface area (Å²) in [5, 5.41) is 0. The van der Waals surface area contributed by atoms with Gasteiger partial charge in [-0.3, -0.25) is 4.84 Å². The van der Waals surface area contributed by atoms with E-state index in [-0.39, 0.29) is 0 Å². The lowest BCUT2D eigenvalue weighted by molar-refractivity contribution is -0.0333. The van der Waals surface area contributed by atoms with Crippen molar-refractivity contribution in [2.75, 3.05) is 0 Å². The molecule has 2 nitrogen and oxygen atoms in total.